The molecule has 50 heavy (non-hydrogen) atoms. The summed E-state index contributed by atoms with van der Waals surface area (Å²) < 4.78 is 74.4. The van der Waals surface area contributed by atoms with Crippen LogP contribution in [0.25, 0.3) is 11.1 Å². The number of likely N-dealkylation sites (N-methyl/N-ethyl adjacent to an activating group) is 1. The van der Waals surface area contributed by atoms with Gasteiger partial charge in [-0.15, -0.1) is 0 Å². The molecule has 4 rings (SSSR count). The van der Waals surface area contributed by atoms with Gasteiger partial charge in [0.25, 0.3) is 0 Å². The van der Waals surface area contributed by atoms with E-state index in [9.17, 15) is 31.1 Å². The molecule has 19 heteroatoms. The zero-order chi connectivity index (χ0) is 37.5. The predicted molar refractivity (Wildman–Crippen MR) is 169 cm³/mol. The topological polar surface area (TPSA) is 161 Å². The number of aromatic amines is 1. The van der Waals surface area contributed by atoms with E-state index in [1.54, 1.807) is 20.4 Å². The van der Waals surface area contributed by atoms with Crippen molar-refractivity contribution in [1.82, 2.24) is 24.9 Å². The average molecular weight is 721 g/mol. The second-order valence-electron chi connectivity index (χ2n) is 10.7. The SMILES string of the molecule is COc1cccc(CN(CCCN2CCN(C)CC2)C(=O)Nc2ccc(-c3cn[nH]c3)cc2OC)c1.O=C(O)C(F)(F)F.O=C(O)C(F)(F)F. The largest absolute Gasteiger partial charge is 0.497 e. The van der Waals surface area contributed by atoms with E-state index in [4.69, 9.17) is 29.3 Å². The van der Waals surface area contributed by atoms with Crippen molar-refractivity contribution < 1.29 is 60.4 Å². The molecule has 0 unspecified atom stereocenters. The fourth-order valence-electron chi connectivity index (χ4n) is 4.38. The zero-order valence-electron chi connectivity index (χ0n) is 27.3. The quantitative estimate of drug-likeness (QED) is 0.209. The second kappa shape index (κ2) is 19.2. The van der Waals surface area contributed by atoms with Crippen LogP contribution in [-0.4, -0.2) is 126 Å². The number of carbonyl (C=O) groups is 3. The van der Waals surface area contributed by atoms with E-state index in [2.05, 4.69) is 32.4 Å². The number of carbonyl (C=O) groups excluding carboxylic acids is 1. The van der Waals surface area contributed by atoms with Crippen molar-refractivity contribution in [2.45, 2.75) is 25.3 Å². The number of piperazine rings is 1. The van der Waals surface area contributed by atoms with E-state index in [1.165, 1.54) is 0 Å². The lowest BCUT2D eigenvalue weighted by molar-refractivity contribution is -0.193. The number of ether oxygens (including phenoxy) is 2. The van der Waals surface area contributed by atoms with Gasteiger partial charge in [-0.05, 0) is 55.4 Å². The standard InChI is InChI=1S/C27H36N6O3.2C2HF3O2/c1-31-12-14-32(15-13-31)10-5-11-33(20-21-6-4-7-24(16-21)35-2)27(34)30-25-9-8-22(17-26(25)36-3)23-18-28-29-19-23;2*3-2(4,5)1(6)7/h4,6-9,16-19H,5,10-15,20H2,1-3H3,(H,28,29)(H,30,34);2*(H,6,7). The van der Waals surface area contributed by atoms with Crippen molar-refractivity contribution in [1.29, 1.82) is 0 Å². The number of methoxy groups -OCH3 is 2. The molecule has 0 spiro atoms. The van der Waals surface area contributed by atoms with Crippen molar-refractivity contribution in [2.24, 2.45) is 0 Å². The molecule has 0 bridgehead atoms. The minimum absolute atomic E-state index is 0.162. The third-order valence-corrected chi connectivity index (χ3v) is 7.05. The second-order valence-corrected chi connectivity index (χ2v) is 10.7. The highest BCUT2D eigenvalue weighted by Crippen LogP contribution is 2.31. The smallest absolute Gasteiger partial charge is 0.490 e. The first kappa shape index (κ1) is 41.1. The van der Waals surface area contributed by atoms with E-state index in [-0.39, 0.29) is 6.03 Å². The van der Waals surface area contributed by atoms with Gasteiger partial charge in [-0.1, -0.05) is 18.2 Å². The van der Waals surface area contributed by atoms with Crippen LogP contribution in [0.2, 0.25) is 0 Å². The molecule has 276 valence electrons. The van der Waals surface area contributed by atoms with Gasteiger partial charge in [-0.25, -0.2) is 14.4 Å². The van der Waals surface area contributed by atoms with Gasteiger partial charge in [0.2, 0.25) is 0 Å². The van der Waals surface area contributed by atoms with Gasteiger partial charge in [0, 0.05) is 51.0 Å². The molecule has 0 saturated carbocycles. The summed E-state index contributed by atoms with van der Waals surface area (Å²) in [5.74, 6) is -4.14. The van der Waals surface area contributed by atoms with Gasteiger partial charge in [0.05, 0.1) is 26.1 Å². The number of H-pyrrole nitrogens is 1. The van der Waals surface area contributed by atoms with Crippen molar-refractivity contribution >= 4 is 23.7 Å². The summed E-state index contributed by atoms with van der Waals surface area (Å²) in [6, 6.07) is 13.4. The molecule has 2 amide bonds. The number of aromatic nitrogens is 2. The molecule has 1 aromatic heterocycles. The molecule has 0 radical (unpaired) electrons. The fourth-order valence-corrected chi connectivity index (χ4v) is 4.38. The molecule has 4 N–H and O–H groups in total. The van der Waals surface area contributed by atoms with Crippen LogP contribution in [0.4, 0.5) is 36.8 Å². The highest BCUT2D eigenvalue weighted by molar-refractivity contribution is 5.91. The number of rotatable bonds is 10. The van der Waals surface area contributed by atoms with E-state index in [0.29, 0.717) is 24.5 Å². The summed E-state index contributed by atoms with van der Waals surface area (Å²) in [6.07, 6.45) is -5.69. The number of anilines is 1. The van der Waals surface area contributed by atoms with Gasteiger partial charge < -0.3 is 39.7 Å². The van der Waals surface area contributed by atoms with Crippen molar-refractivity contribution in [2.75, 3.05) is 65.9 Å². The Morgan fingerprint density at radius 2 is 1.54 bits per heavy atom. The third-order valence-electron chi connectivity index (χ3n) is 7.05. The van der Waals surface area contributed by atoms with E-state index in [1.807, 2.05) is 53.6 Å². The van der Waals surface area contributed by atoms with Gasteiger partial charge in [-0.3, -0.25) is 5.10 Å². The van der Waals surface area contributed by atoms with Crippen LogP contribution >= 0.6 is 0 Å². The Morgan fingerprint density at radius 3 is 2.06 bits per heavy atom. The first-order valence-electron chi connectivity index (χ1n) is 14.8. The first-order chi connectivity index (χ1) is 23.4. The summed E-state index contributed by atoms with van der Waals surface area (Å²) in [7, 11) is 5.42. The number of carboxylic acid groups (broad SMARTS) is 2. The number of benzene rings is 2. The Morgan fingerprint density at radius 1 is 0.920 bits per heavy atom. The molecular weight excluding hydrogens is 682 g/mol. The van der Waals surface area contributed by atoms with Gasteiger partial charge >= 0.3 is 30.3 Å². The Balaban J connectivity index is 0.000000521. The molecule has 3 aromatic rings. The Kier molecular flexibility index (Phi) is 15.8. The molecule has 1 fully saturated rings. The number of amides is 2. The predicted octanol–water partition coefficient (Wildman–Crippen LogP) is 5.03. The Hall–Kier alpha value is -5.04. The lowest BCUT2D eigenvalue weighted by Crippen LogP contribution is -2.45. The number of aliphatic carboxylic acids is 2. The maximum absolute atomic E-state index is 13.5. The Bertz CT molecular complexity index is 1490. The van der Waals surface area contributed by atoms with E-state index < -0.39 is 24.3 Å². The summed E-state index contributed by atoms with van der Waals surface area (Å²) >= 11 is 0. The van der Waals surface area contributed by atoms with Crippen LogP contribution in [0.15, 0.2) is 54.9 Å². The minimum atomic E-state index is -5.08. The number of halogens is 6. The van der Waals surface area contributed by atoms with Gasteiger partial charge in [-0.2, -0.15) is 31.4 Å². The third kappa shape index (κ3) is 14.2. The lowest BCUT2D eigenvalue weighted by atomic mass is 10.1. The minimum Gasteiger partial charge on any atom is -0.497 e. The molecule has 2 heterocycles. The number of nitrogens with zero attached hydrogens (tertiary/aromatic N) is 4. The number of alkyl halides is 6. The van der Waals surface area contributed by atoms with Crippen LogP contribution < -0.4 is 14.8 Å². The summed E-state index contributed by atoms with van der Waals surface area (Å²) in [6.45, 7) is 6.41. The normalized spacial score (nSPS) is 13.5. The van der Waals surface area contributed by atoms with Crippen molar-refractivity contribution in [3.8, 4) is 22.6 Å². The molecule has 13 nitrogen and oxygen atoms in total. The molecule has 1 saturated heterocycles. The monoisotopic (exact) mass is 720 g/mol. The fraction of sp³-hybridized carbons (Fsp3) is 0.419. The van der Waals surface area contributed by atoms with Crippen LogP contribution in [-0.2, 0) is 16.1 Å². The number of hydrogen-bond donors (Lipinski definition) is 4. The van der Waals surface area contributed by atoms with Gasteiger partial charge in [0.15, 0.2) is 0 Å². The highest BCUT2D eigenvalue weighted by Gasteiger charge is 2.38. The highest BCUT2D eigenvalue weighted by atomic mass is 19.4. The number of carboxylic acids is 2. The summed E-state index contributed by atoms with van der Waals surface area (Å²) in [5.41, 5.74) is 3.56. The van der Waals surface area contributed by atoms with Gasteiger partial charge in [0.1, 0.15) is 11.5 Å². The number of hydrogen-bond acceptors (Lipinski definition) is 8. The molecular formula is C31H38F6N6O7. The molecule has 1 aliphatic heterocycles. The molecule has 0 atom stereocenters. The lowest BCUT2D eigenvalue weighted by Gasteiger charge is -2.33. The zero-order valence-corrected chi connectivity index (χ0v) is 27.3. The summed E-state index contributed by atoms with van der Waals surface area (Å²) in [4.78, 5) is 37.9. The average Bonchev–Trinajstić information content (AvgIpc) is 3.60. The maximum Gasteiger partial charge on any atom is 0.490 e. The first-order valence-corrected chi connectivity index (χ1v) is 14.8. The van der Waals surface area contributed by atoms with Crippen LogP contribution in [0.3, 0.4) is 0 Å². The van der Waals surface area contributed by atoms with E-state index >= 15 is 0 Å². The van der Waals surface area contributed by atoms with Crippen LogP contribution in [0.5, 0.6) is 11.5 Å². The van der Waals surface area contributed by atoms with Crippen LogP contribution in [0.1, 0.15) is 12.0 Å². The van der Waals surface area contributed by atoms with Crippen molar-refractivity contribution in [3.05, 3.63) is 60.4 Å². The molecule has 0 aliphatic carbocycles. The number of nitrogens with one attached hydrogen (secondary N) is 2. The molecule has 2 aromatic carbocycles. The van der Waals surface area contributed by atoms with Crippen molar-refractivity contribution in [3.63, 3.8) is 0 Å². The Labute approximate surface area is 283 Å². The van der Waals surface area contributed by atoms with Crippen LogP contribution in [0, 0.1) is 0 Å². The molecule has 1 aliphatic rings. The summed E-state index contributed by atoms with van der Waals surface area (Å²) in [5, 5.41) is 24.1. The van der Waals surface area contributed by atoms with E-state index in [0.717, 1.165) is 61.6 Å². The maximum atomic E-state index is 13.5. The number of urea groups is 1.